The molecule has 0 amide bonds. The molecule has 1 heterocycles. The predicted octanol–water partition coefficient (Wildman–Crippen LogP) is 4.45. The van der Waals surface area contributed by atoms with Crippen molar-refractivity contribution in [2.45, 2.75) is 37.9 Å². The van der Waals surface area contributed by atoms with E-state index in [1.165, 1.54) is 23.3 Å². The number of rotatable bonds is 2. The molecular formula is C18H18FN3. The first-order valence-corrected chi connectivity index (χ1v) is 7.81. The lowest BCUT2D eigenvalue weighted by Crippen LogP contribution is -2.29. The Kier molecular flexibility index (Phi) is 3.37. The molecule has 2 aliphatic rings. The summed E-state index contributed by atoms with van der Waals surface area (Å²) in [7, 11) is 0. The van der Waals surface area contributed by atoms with E-state index in [0.717, 1.165) is 24.8 Å². The van der Waals surface area contributed by atoms with Crippen LogP contribution in [0.4, 0.5) is 4.39 Å². The molecule has 2 aromatic carbocycles. The van der Waals surface area contributed by atoms with Crippen molar-refractivity contribution >= 4 is 0 Å². The van der Waals surface area contributed by atoms with Gasteiger partial charge in [0, 0.05) is 0 Å². The number of hydrogen-bond donors (Lipinski definition) is 0. The number of halogens is 1. The molecule has 4 heteroatoms. The molecule has 4 rings (SSSR count). The van der Waals surface area contributed by atoms with Crippen molar-refractivity contribution < 1.29 is 4.39 Å². The molecule has 2 atom stereocenters. The third kappa shape index (κ3) is 2.39. The average molecular weight is 295 g/mol. The minimum Gasteiger partial charge on any atom is -0.269 e. The first-order valence-electron chi connectivity index (χ1n) is 7.81. The Morgan fingerprint density at radius 3 is 2.77 bits per heavy atom. The second-order valence-electron chi connectivity index (χ2n) is 6.03. The lowest BCUT2D eigenvalue weighted by atomic mass is 9.97. The van der Waals surface area contributed by atoms with Crippen molar-refractivity contribution in [2.75, 3.05) is 0 Å². The van der Waals surface area contributed by atoms with E-state index < -0.39 is 0 Å². The highest BCUT2D eigenvalue weighted by Crippen LogP contribution is 2.39. The monoisotopic (exact) mass is 295 g/mol. The van der Waals surface area contributed by atoms with Gasteiger partial charge in [0.15, 0.2) is 0 Å². The molecule has 1 aliphatic carbocycles. The maximum atomic E-state index is 13.0. The van der Waals surface area contributed by atoms with Crippen LogP contribution < -0.4 is 0 Å². The van der Waals surface area contributed by atoms with Crippen LogP contribution in [-0.4, -0.2) is 11.1 Å². The minimum atomic E-state index is -0.201. The third-order valence-electron chi connectivity index (χ3n) is 4.62. The van der Waals surface area contributed by atoms with Crippen LogP contribution in [0.5, 0.6) is 0 Å². The van der Waals surface area contributed by atoms with E-state index in [4.69, 9.17) is 0 Å². The van der Waals surface area contributed by atoms with Crippen LogP contribution in [0, 0.1) is 5.82 Å². The lowest BCUT2D eigenvalue weighted by molar-refractivity contribution is 0.200. The molecule has 22 heavy (non-hydrogen) atoms. The van der Waals surface area contributed by atoms with Crippen LogP contribution in [0.25, 0.3) is 0 Å². The molecule has 0 saturated carbocycles. The number of hydrogen-bond acceptors (Lipinski definition) is 3. The van der Waals surface area contributed by atoms with Crippen molar-refractivity contribution in [1.82, 2.24) is 5.01 Å². The number of fused-ring (bicyclic) bond motifs is 3. The lowest BCUT2D eigenvalue weighted by Gasteiger charge is -2.24. The Morgan fingerprint density at radius 2 is 1.91 bits per heavy atom. The summed E-state index contributed by atoms with van der Waals surface area (Å²) in [4.78, 5) is 0. The maximum absolute atomic E-state index is 13.0. The van der Waals surface area contributed by atoms with E-state index in [1.54, 1.807) is 0 Å². The summed E-state index contributed by atoms with van der Waals surface area (Å²) < 4.78 is 13.0. The minimum absolute atomic E-state index is 0.138. The smallest absolute Gasteiger partial charge is 0.123 e. The van der Waals surface area contributed by atoms with Crippen LogP contribution in [0.3, 0.4) is 0 Å². The van der Waals surface area contributed by atoms with E-state index in [1.807, 2.05) is 12.1 Å². The maximum Gasteiger partial charge on any atom is 0.123 e. The summed E-state index contributed by atoms with van der Waals surface area (Å²) in [6.07, 6.45) is 3.36. The summed E-state index contributed by atoms with van der Waals surface area (Å²) >= 11 is 0. The van der Waals surface area contributed by atoms with E-state index in [2.05, 4.69) is 39.6 Å². The van der Waals surface area contributed by atoms with Crippen molar-refractivity contribution in [3.05, 3.63) is 71.0 Å². The van der Waals surface area contributed by atoms with E-state index >= 15 is 0 Å². The zero-order chi connectivity index (χ0) is 14.9. The topological polar surface area (TPSA) is 28.0 Å². The van der Waals surface area contributed by atoms with Gasteiger partial charge in [-0.1, -0.05) is 41.6 Å². The molecule has 2 aromatic rings. The van der Waals surface area contributed by atoms with Crippen LogP contribution in [0.2, 0.25) is 0 Å². The van der Waals surface area contributed by atoms with Gasteiger partial charge in [-0.2, -0.15) is 5.11 Å². The average Bonchev–Trinajstić information content (AvgIpc) is 2.83. The Bertz CT molecular complexity index is 696. The van der Waals surface area contributed by atoms with Crippen molar-refractivity contribution in [1.29, 1.82) is 0 Å². The number of nitrogens with zero attached hydrogens (tertiary/aromatic N) is 3. The molecule has 1 aliphatic heterocycles. The summed E-state index contributed by atoms with van der Waals surface area (Å²) in [5.74, 6) is -0.201. The summed E-state index contributed by atoms with van der Waals surface area (Å²) in [6.45, 7) is 0.688. The molecule has 112 valence electrons. The van der Waals surface area contributed by atoms with Crippen molar-refractivity contribution in [2.24, 2.45) is 10.3 Å². The molecule has 3 nitrogen and oxygen atoms in total. The summed E-state index contributed by atoms with van der Waals surface area (Å²) in [5, 5.41) is 11.0. The number of benzene rings is 2. The quantitative estimate of drug-likeness (QED) is 0.804. The van der Waals surface area contributed by atoms with Gasteiger partial charge in [-0.15, -0.1) is 0 Å². The molecular weight excluding hydrogens is 277 g/mol. The normalized spacial score (nSPS) is 23.0. The molecule has 0 aromatic heterocycles. The fraction of sp³-hybridized carbons (Fsp3) is 0.333. The molecule has 0 spiro atoms. The predicted molar refractivity (Wildman–Crippen MR) is 82.7 cm³/mol. The Labute approximate surface area is 129 Å². The second-order valence-corrected chi connectivity index (χ2v) is 6.03. The van der Waals surface area contributed by atoms with Crippen molar-refractivity contribution in [3.63, 3.8) is 0 Å². The first kappa shape index (κ1) is 13.4. The Balaban J connectivity index is 1.58. The Hall–Kier alpha value is -2.23. The van der Waals surface area contributed by atoms with Crippen LogP contribution in [-0.2, 0) is 13.0 Å². The van der Waals surface area contributed by atoms with E-state index in [9.17, 15) is 4.39 Å². The highest BCUT2D eigenvalue weighted by Gasteiger charge is 2.36. The largest absolute Gasteiger partial charge is 0.269 e. The van der Waals surface area contributed by atoms with Crippen molar-refractivity contribution in [3.8, 4) is 0 Å². The first-order chi connectivity index (χ1) is 10.8. The van der Waals surface area contributed by atoms with Crippen LogP contribution in [0.1, 0.15) is 35.6 Å². The van der Waals surface area contributed by atoms with Crippen LogP contribution in [0.15, 0.2) is 58.9 Å². The fourth-order valence-electron chi connectivity index (χ4n) is 3.48. The van der Waals surface area contributed by atoms with Gasteiger partial charge in [0.2, 0.25) is 0 Å². The second kappa shape index (κ2) is 5.52. The van der Waals surface area contributed by atoms with Gasteiger partial charge < -0.3 is 0 Å². The van der Waals surface area contributed by atoms with Gasteiger partial charge in [-0.05, 0) is 48.1 Å². The van der Waals surface area contributed by atoms with Gasteiger partial charge in [0.25, 0.3) is 0 Å². The molecule has 0 saturated heterocycles. The fourth-order valence-corrected chi connectivity index (χ4v) is 3.48. The molecule has 0 radical (unpaired) electrons. The Morgan fingerprint density at radius 1 is 1.09 bits per heavy atom. The zero-order valence-electron chi connectivity index (χ0n) is 12.3. The highest BCUT2D eigenvalue weighted by molar-refractivity contribution is 5.33. The molecule has 0 unspecified atom stereocenters. The highest BCUT2D eigenvalue weighted by atomic mass is 19.1. The molecule has 0 fully saturated rings. The van der Waals surface area contributed by atoms with Gasteiger partial charge >= 0.3 is 0 Å². The number of aryl methyl sites for hydroxylation is 1. The summed E-state index contributed by atoms with van der Waals surface area (Å²) in [6, 6.07) is 15.7. The van der Waals surface area contributed by atoms with E-state index in [-0.39, 0.29) is 11.9 Å². The standard InChI is InChI=1S/C18H18FN3/c19-15-10-8-13(9-11-15)12-22-17-7-3-5-14-4-1-2-6-16(14)18(17)20-21-22/h1-2,4,6,8-11,17-18H,3,5,7,12H2/t17-,18-/m1/s1. The van der Waals surface area contributed by atoms with Gasteiger partial charge in [0.1, 0.15) is 11.9 Å². The molecule has 0 N–H and O–H groups in total. The third-order valence-corrected chi connectivity index (χ3v) is 4.62. The van der Waals surface area contributed by atoms with Gasteiger partial charge in [-0.3, -0.25) is 5.01 Å². The SMILES string of the molecule is Fc1ccc(CN2N=N[C@@H]3c4ccccc4CCC[C@H]32)cc1. The van der Waals surface area contributed by atoms with Gasteiger partial charge in [0.05, 0.1) is 12.6 Å². The molecule has 0 bridgehead atoms. The summed E-state index contributed by atoms with van der Waals surface area (Å²) in [5.41, 5.74) is 3.78. The van der Waals surface area contributed by atoms with Crippen LogP contribution >= 0.6 is 0 Å². The van der Waals surface area contributed by atoms with E-state index in [0.29, 0.717) is 12.6 Å². The van der Waals surface area contributed by atoms with Gasteiger partial charge in [-0.25, -0.2) is 4.39 Å². The zero-order valence-corrected chi connectivity index (χ0v) is 12.3.